The molecule has 0 aliphatic heterocycles. The fourth-order valence-corrected chi connectivity index (χ4v) is 2.74. The van der Waals surface area contributed by atoms with Crippen molar-refractivity contribution in [2.45, 2.75) is 46.3 Å². The second-order valence-electron chi connectivity index (χ2n) is 7.01. The molecule has 0 fully saturated rings. The van der Waals surface area contributed by atoms with Crippen LogP contribution in [0.3, 0.4) is 0 Å². The third-order valence-corrected chi connectivity index (χ3v) is 4.34. The maximum absolute atomic E-state index is 14.1. The highest BCUT2D eigenvalue weighted by Crippen LogP contribution is 2.17. The number of carbonyl (C=O) groups excluding carboxylic acids is 2. The molecule has 0 saturated carbocycles. The van der Waals surface area contributed by atoms with Crippen molar-refractivity contribution in [3.8, 4) is 5.75 Å². The van der Waals surface area contributed by atoms with Crippen molar-refractivity contribution in [1.29, 1.82) is 0 Å². The first-order valence-corrected chi connectivity index (χ1v) is 9.31. The number of hydrogen-bond acceptors (Lipinski definition) is 3. The van der Waals surface area contributed by atoms with E-state index in [0.717, 1.165) is 5.56 Å². The van der Waals surface area contributed by atoms with Gasteiger partial charge in [0.2, 0.25) is 5.91 Å². The Bertz CT molecular complexity index is 823. The van der Waals surface area contributed by atoms with Crippen LogP contribution < -0.4 is 10.1 Å². The summed E-state index contributed by atoms with van der Waals surface area (Å²) in [5, 5.41) is 2.79. The van der Waals surface area contributed by atoms with E-state index in [2.05, 4.69) is 5.32 Å². The highest BCUT2D eigenvalue weighted by molar-refractivity contribution is 5.88. The minimum absolute atomic E-state index is 0.0185. The summed E-state index contributed by atoms with van der Waals surface area (Å²) in [7, 11) is 0. The quantitative estimate of drug-likeness (QED) is 0.756. The smallest absolute Gasteiger partial charge is 0.261 e. The number of para-hydroxylation sites is 1. The normalized spacial score (nSPS) is 11.8. The molecule has 0 bridgehead atoms. The molecule has 0 spiro atoms. The predicted octanol–water partition coefficient (Wildman–Crippen LogP) is 3.45. The van der Waals surface area contributed by atoms with Crippen molar-refractivity contribution in [1.82, 2.24) is 10.2 Å². The second-order valence-corrected chi connectivity index (χ2v) is 7.01. The van der Waals surface area contributed by atoms with Gasteiger partial charge in [-0.1, -0.05) is 36.4 Å². The average Bonchev–Trinajstić information content (AvgIpc) is 2.65. The third-order valence-electron chi connectivity index (χ3n) is 4.34. The fourth-order valence-electron chi connectivity index (χ4n) is 2.74. The van der Waals surface area contributed by atoms with Crippen molar-refractivity contribution < 1.29 is 18.7 Å². The van der Waals surface area contributed by atoms with E-state index in [-0.39, 0.29) is 25.1 Å². The van der Waals surface area contributed by atoms with Gasteiger partial charge in [0, 0.05) is 18.2 Å². The summed E-state index contributed by atoms with van der Waals surface area (Å²) in [4.78, 5) is 26.7. The maximum Gasteiger partial charge on any atom is 0.261 e. The molecule has 0 aromatic heterocycles. The molecule has 0 saturated heterocycles. The zero-order chi connectivity index (χ0) is 20.7. The van der Waals surface area contributed by atoms with Crippen LogP contribution in [-0.4, -0.2) is 35.4 Å². The molecule has 1 N–H and O–H groups in total. The molecule has 150 valence electrons. The number of hydrogen-bond donors (Lipinski definition) is 1. The largest absolute Gasteiger partial charge is 0.484 e. The molecule has 0 radical (unpaired) electrons. The van der Waals surface area contributed by atoms with Crippen LogP contribution in [0.25, 0.3) is 0 Å². The van der Waals surface area contributed by atoms with E-state index in [9.17, 15) is 14.0 Å². The van der Waals surface area contributed by atoms with Gasteiger partial charge >= 0.3 is 0 Å². The van der Waals surface area contributed by atoms with Gasteiger partial charge in [-0.15, -0.1) is 0 Å². The topological polar surface area (TPSA) is 58.6 Å². The molecular formula is C22H27FN2O3. The summed E-state index contributed by atoms with van der Waals surface area (Å²) in [6, 6.07) is 12.7. The number of benzene rings is 2. The summed E-state index contributed by atoms with van der Waals surface area (Å²) in [5.41, 5.74) is 1.25. The summed E-state index contributed by atoms with van der Waals surface area (Å²) in [6.45, 7) is 6.94. The van der Waals surface area contributed by atoms with Crippen LogP contribution >= 0.6 is 0 Å². The molecule has 2 amide bonds. The van der Waals surface area contributed by atoms with E-state index in [1.54, 1.807) is 31.2 Å². The summed E-state index contributed by atoms with van der Waals surface area (Å²) < 4.78 is 19.8. The third kappa shape index (κ3) is 5.81. The lowest BCUT2D eigenvalue weighted by molar-refractivity contribution is -0.142. The molecule has 5 nitrogen and oxygen atoms in total. The van der Waals surface area contributed by atoms with Gasteiger partial charge in [0.15, 0.2) is 6.61 Å². The minimum Gasteiger partial charge on any atom is -0.484 e. The Morgan fingerprint density at radius 1 is 1.07 bits per heavy atom. The van der Waals surface area contributed by atoms with E-state index in [0.29, 0.717) is 11.3 Å². The van der Waals surface area contributed by atoms with Gasteiger partial charge in [0.1, 0.15) is 17.6 Å². The molecule has 0 aliphatic rings. The molecule has 2 rings (SSSR count). The number of nitrogens with zero attached hydrogens (tertiary/aromatic N) is 1. The molecule has 0 heterocycles. The van der Waals surface area contributed by atoms with Crippen molar-refractivity contribution >= 4 is 11.8 Å². The van der Waals surface area contributed by atoms with Crippen molar-refractivity contribution in [3.63, 3.8) is 0 Å². The van der Waals surface area contributed by atoms with Crippen LogP contribution in [0.2, 0.25) is 0 Å². The van der Waals surface area contributed by atoms with Crippen LogP contribution in [-0.2, 0) is 16.1 Å². The van der Waals surface area contributed by atoms with Crippen molar-refractivity contribution in [3.05, 3.63) is 65.5 Å². The van der Waals surface area contributed by atoms with E-state index in [4.69, 9.17) is 4.74 Å². The fraction of sp³-hybridized carbons (Fsp3) is 0.364. The molecular weight excluding hydrogens is 359 g/mol. The Labute approximate surface area is 165 Å². The van der Waals surface area contributed by atoms with Gasteiger partial charge in [0.25, 0.3) is 5.91 Å². The zero-order valence-electron chi connectivity index (χ0n) is 16.7. The van der Waals surface area contributed by atoms with Crippen LogP contribution in [0.4, 0.5) is 4.39 Å². The Morgan fingerprint density at radius 3 is 2.36 bits per heavy atom. The monoisotopic (exact) mass is 386 g/mol. The van der Waals surface area contributed by atoms with Crippen LogP contribution in [0.1, 0.15) is 31.9 Å². The SMILES string of the molecule is Cc1ccccc1OCC(=O)N(Cc1ccccc1F)[C@H](C)C(=O)NC(C)C. The van der Waals surface area contributed by atoms with Gasteiger partial charge in [0.05, 0.1) is 0 Å². The second kappa shape index (κ2) is 9.88. The number of carbonyl (C=O) groups is 2. The molecule has 6 heteroatoms. The standard InChI is InChI=1S/C22H27FN2O3/c1-15(2)24-22(27)17(4)25(13-18-10-6-7-11-19(18)23)21(26)14-28-20-12-8-5-9-16(20)3/h5-12,15,17H,13-14H2,1-4H3,(H,24,27)/t17-/m1/s1. The average molecular weight is 386 g/mol. The van der Waals surface area contributed by atoms with Gasteiger partial charge < -0.3 is 15.0 Å². The lowest BCUT2D eigenvalue weighted by atomic mass is 10.1. The first kappa shape index (κ1) is 21.4. The van der Waals surface area contributed by atoms with Crippen LogP contribution in [0.15, 0.2) is 48.5 Å². The number of ether oxygens (including phenoxy) is 1. The van der Waals surface area contributed by atoms with E-state index in [1.165, 1.54) is 11.0 Å². The summed E-state index contributed by atoms with van der Waals surface area (Å²) in [5.74, 6) is -0.508. The maximum atomic E-state index is 14.1. The Hall–Kier alpha value is -2.89. The number of aryl methyl sites for hydroxylation is 1. The molecule has 2 aromatic rings. The highest BCUT2D eigenvalue weighted by atomic mass is 19.1. The number of amides is 2. The van der Waals surface area contributed by atoms with Gasteiger partial charge in [-0.2, -0.15) is 0 Å². The molecule has 28 heavy (non-hydrogen) atoms. The number of halogens is 1. The lowest BCUT2D eigenvalue weighted by Gasteiger charge is -2.29. The summed E-state index contributed by atoms with van der Waals surface area (Å²) >= 11 is 0. The van der Waals surface area contributed by atoms with Crippen LogP contribution in [0.5, 0.6) is 5.75 Å². The van der Waals surface area contributed by atoms with Gasteiger partial charge in [-0.3, -0.25) is 9.59 Å². The summed E-state index contributed by atoms with van der Waals surface area (Å²) in [6.07, 6.45) is 0. The zero-order valence-corrected chi connectivity index (χ0v) is 16.7. The first-order chi connectivity index (χ1) is 13.3. The first-order valence-electron chi connectivity index (χ1n) is 9.31. The molecule has 2 aromatic carbocycles. The number of nitrogens with one attached hydrogen (secondary N) is 1. The van der Waals surface area contributed by atoms with E-state index >= 15 is 0 Å². The number of rotatable bonds is 8. The minimum atomic E-state index is -0.769. The van der Waals surface area contributed by atoms with Crippen LogP contribution in [0, 0.1) is 12.7 Å². The molecule has 1 atom stereocenters. The Balaban J connectivity index is 2.18. The molecule has 0 unspecified atom stereocenters. The van der Waals surface area contributed by atoms with Gasteiger partial charge in [-0.25, -0.2) is 4.39 Å². The predicted molar refractivity (Wildman–Crippen MR) is 106 cm³/mol. The lowest BCUT2D eigenvalue weighted by Crippen LogP contribution is -2.50. The van der Waals surface area contributed by atoms with Gasteiger partial charge in [-0.05, 0) is 45.4 Å². The Kier molecular flexibility index (Phi) is 7.55. The molecule has 0 aliphatic carbocycles. The van der Waals surface area contributed by atoms with E-state index in [1.807, 2.05) is 39.0 Å². The van der Waals surface area contributed by atoms with Crippen molar-refractivity contribution in [2.75, 3.05) is 6.61 Å². The Morgan fingerprint density at radius 2 is 1.71 bits per heavy atom. The van der Waals surface area contributed by atoms with E-state index < -0.39 is 17.8 Å². The van der Waals surface area contributed by atoms with Crippen molar-refractivity contribution in [2.24, 2.45) is 0 Å². The highest BCUT2D eigenvalue weighted by Gasteiger charge is 2.27.